The van der Waals surface area contributed by atoms with Gasteiger partial charge in [0.25, 0.3) is 0 Å². The Morgan fingerprint density at radius 3 is 2.00 bits per heavy atom. The molecule has 0 aliphatic rings. The van der Waals surface area contributed by atoms with Crippen molar-refractivity contribution in [3.8, 4) is 0 Å². The Kier molecular flexibility index (Phi) is 6.37. The average Bonchev–Trinajstić information content (AvgIpc) is 2.39. The maximum atomic E-state index is 10.9. The summed E-state index contributed by atoms with van der Waals surface area (Å²) >= 11 is 0. The van der Waals surface area contributed by atoms with Gasteiger partial charge in [0.05, 0.1) is 0 Å². The lowest BCUT2D eigenvalue weighted by Crippen LogP contribution is -2.50. The van der Waals surface area contributed by atoms with Crippen molar-refractivity contribution in [3.63, 3.8) is 0 Å². The zero-order valence-corrected chi connectivity index (χ0v) is 12.0. The van der Waals surface area contributed by atoms with Crippen LogP contribution < -0.4 is 0 Å². The number of nitrogens with zero attached hydrogens (tertiary/aromatic N) is 1. The van der Waals surface area contributed by atoms with Crippen LogP contribution >= 0.6 is 0 Å². The predicted octanol–water partition coefficient (Wildman–Crippen LogP) is 3.45. The zero-order valence-electron chi connectivity index (χ0n) is 12.0. The van der Waals surface area contributed by atoms with Crippen LogP contribution in [-0.4, -0.2) is 28.8 Å². The summed E-state index contributed by atoms with van der Waals surface area (Å²) in [5, 5.41) is 10.9. The van der Waals surface area contributed by atoms with E-state index in [0.29, 0.717) is 6.42 Å². The topological polar surface area (TPSA) is 23.5 Å². The summed E-state index contributed by atoms with van der Waals surface area (Å²) in [4.78, 5) is 2.24. The van der Waals surface area contributed by atoms with Crippen molar-refractivity contribution in [1.29, 1.82) is 0 Å². The van der Waals surface area contributed by atoms with Crippen molar-refractivity contribution >= 4 is 0 Å². The lowest BCUT2D eigenvalue weighted by molar-refractivity contribution is -0.111. The molecule has 0 heterocycles. The molecular weight excluding hydrogens is 222 g/mol. The summed E-state index contributed by atoms with van der Waals surface area (Å²) < 4.78 is 0. The van der Waals surface area contributed by atoms with E-state index in [0.717, 1.165) is 32.4 Å². The van der Waals surface area contributed by atoms with Gasteiger partial charge < -0.3 is 5.11 Å². The quantitative estimate of drug-likeness (QED) is 0.713. The molecule has 1 aromatic rings. The second-order valence-electron chi connectivity index (χ2n) is 4.99. The van der Waals surface area contributed by atoms with Crippen LogP contribution in [0, 0.1) is 0 Å². The zero-order chi connectivity index (χ0) is 13.4. The van der Waals surface area contributed by atoms with Crippen LogP contribution in [0.5, 0.6) is 0 Å². The Morgan fingerprint density at radius 1 is 1.00 bits per heavy atom. The number of benzene rings is 1. The molecule has 18 heavy (non-hydrogen) atoms. The van der Waals surface area contributed by atoms with Gasteiger partial charge in [0.2, 0.25) is 0 Å². The van der Waals surface area contributed by atoms with Gasteiger partial charge in [-0.2, -0.15) is 0 Å². The van der Waals surface area contributed by atoms with Crippen molar-refractivity contribution in [3.05, 3.63) is 35.9 Å². The molecule has 0 bridgehead atoms. The molecule has 2 nitrogen and oxygen atoms in total. The van der Waals surface area contributed by atoms with Gasteiger partial charge in [0, 0.05) is 19.5 Å². The summed E-state index contributed by atoms with van der Waals surface area (Å²) in [7, 11) is 0. The van der Waals surface area contributed by atoms with Gasteiger partial charge in [0.15, 0.2) is 0 Å². The Labute approximate surface area is 112 Å². The highest BCUT2D eigenvalue weighted by atomic mass is 16.3. The molecule has 0 aliphatic heterocycles. The van der Waals surface area contributed by atoms with Crippen LogP contribution in [0.15, 0.2) is 30.3 Å². The summed E-state index contributed by atoms with van der Waals surface area (Å²) in [5.74, 6) is 0. The maximum Gasteiger partial charge on any atom is 0.122 e. The predicted molar refractivity (Wildman–Crippen MR) is 77.5 cm³/mol. The Hall–Kier alpha value is -0.860. The fourth-order valence-electron chi connectivity index (χ4n) is 2.45. The fraction of sp³-hybridized carbons (Fsp3) is 0.625. The molecule has 1 N–H and O–H groups in total. The van der Waals surface area contributed by atoms with E-state index in [1.807, 2.05) is 18.2 Å². The lowest BCUT2D eigenvalue weighted by Gasteiger charge is -2.39. The minimum absolute atomic E-state index is 0.701. The van der Waals surface area contributed by atoms with Gasteiger partial charge in [-0.05, 0) is 24.8 Å². The van der Waals surface area contributed by atoms with Gasteiger partial charge in [-0.1, -0.05) is 51.1 Å². The van der Waals surface area contributed by atoms with Gasteiger partial charge in [-0.15, -0.1) is 0 Å². The summed E-state index contributed by atoms with van der Waals surface area (Å²) in [5.41, 5.74) is 0.506. The molecule has 0 spiro atoms. The van der Waals surface area contributed by atoms with Gasteiger partial charge >= 0.3 is 0 Å². The SMILES string of the molecule is CCCN(CCC)C(O)(CC)Cc1ccccc1. The van der Waals surface area contributed by atoms with Crippen molar-refractivity contribution in [2.45, 2.75) is 52.2 Å². The molecular formula is C16H27NO. The molecule has 0 saturated carbocycles. The van der Waals surface area contributed by atoms with Crippen molar-refractivity contribution in [2.24, 2.45) is 0 Å². The third-order valence-corrected chi connectivity index (χ3v) is 3.47. The molecule has 0 saturated heterocycles. The monoisotopic (exact) mass is 249 g/mol. The van der Waals surface area contributed by atoms with Gasteiger partial charge in [0.1, 0.15) is 5.72 Å². The first-order chi connectivity index (χ1) is 8.66. The fourth-order valence-corrected chi connectivity index (χ4v) is 2.45. The third kappa shape index (κ3) is 4.11. The standard InChI is InChI=1S/C16H27NO/c1-4-12-17(13-5-2)16(18,6-3)14-15-10-8-7-9-11-15/h7-11,18H,4-6,12-14H2,1-3H3. The van der Waals surface area contributed by atoms with E-state index < -0.39 is 5.72 Å². The van der Waals surface area contributed by atoms with Crippen LogP contribution in [0.4, 0.5) is 0 Å². The molecule has 2 heteroatoms. The maximum absolute atomic E-state index is 10.9. The molecule has 102 valence electrons. The van der Waals surface area contributed by atoms with E-state index in [2.05, 4.69) is 37.8 Å². The molecule has 0 amide bonds. The number of hydrogen-bond acceptors (Lipinski definition) is 2. The van der Waals surface area contributed by atoms with E-state index in [1.165, 1.54) is 5.56 Å². The van der Waals surface area contributed by atoms with Gasteiger partial charge in [-0.25, -0.2) is 0 Å². The minimum atomic E-state index is -0.701. The number of aliphatic hydroxyl groups is 1. The molecule has 0 radical (unpaired) electrons. The highest BCUT2D eigenvalue weighted by molar-refractivity contribution is 5.16. The third-order valence-electron chi connectivity index (χ3n) is 3.47. The second kappa shape index (κ2) is 7.55. The molecule has 1 unspecified atom stereocenters. The Balaban J connectivity index is 2.81. The highest BCUT2D eigenvalue weighted by Gasteiger charge is 2.31. The first-order valence-electron chi connectivity index (χ1n) is 7.17. The van der Waals surface area contributed by atoms with Crippen LogP contribution in [0.3, 0.4) is 0 Å². The van der Waals surface area contributed by atoms with E-state index in [1.54, 1.807) is 0 Å². The summed E-state index contributed by atoms with van der Waals surface area (Å²) in [6.07, 6.45) is 3.64. The smallest absolute Gasteiger partial charge is 0.122 e. The van der Waals surface area contributed by atoms with Crippen molar-refractivity contribution in [1.82, 2.24) is 4.90 Å². The van der Waals surface area contributed by atoms with E-state index >= 15 is 0 Å². The molecule has 0 fully saturated rings. The first kappa shape index (κ1) is 15.2. The second-order valence-corrected chi connectivity index (χ2v) is 4.99. The van der Waals surface area contributed by atoms with Crippen LogP contribution in [-0.2, 0) is 6.42 Å². The molecule has 1 aromatic carbocycles. The minimum Gasteiger partial charge on any atom is -0.375 e. The molecule has 0 aliphatic carbocycles. The lowest BCUT2D eigenvalue weighted by atomic mass is 9.97. The Bertz CT molecular complexity index is 319. The Morgan fingerprint density at radius 2 is 1.56 bits per heavy atom. The van der Waals surface area contributed by atoms with Crippen LogP contribution in [0.2, 0.25) is 0 Å². The van der Waals surface area contributed by atoms with Crippen molar-refractivity contribution < 1.29 is 5.11 Å². The molecule has 1 atom stereocenters. The number of rotatable bonds is 8. The molecule has 0 aromatic heterocycles. The van der Waals surface area contributed by atoms with E-state index in [4.69, 9.17) is 0 Å². The largest absolute Gasteiger partial charge is 0.375 e. The summed E-state index contributed by atoms with van der Waals surface area (Å²) in [6, 6.07) is 10.3. The average molecular weight is 249 g/mol. The normalized spacial score (nSPS) is 14.7. The van der Waals surface area contributed by atoms with E-state index in [9.17, 15) is 5.11 Å². The van der Waals surface area contributed by atoms with Gasteiger partial charge in [-0.3, -0.25) is 4.90 Å². The first-order valence-corrected chi connectivity index (χ1v) is 7.17. The van der Waals surface area contributed by atoms with Crippen molar-refractivity contribution in [2.75, 3.05) is 13.1 Å². The van der Waals surface area contributed by atoms with Crippen LogP contribution in [0.1, 0.15) is 45.6 Å². The summed E-state index contributed by atoms with van der Waals surface area (Å²) in [6.45, 7) is 8.33. The van der Waals surface area contributed by atoms with E-state index in [-0.39, 0.29) is 0 Å². The molecule has 1 rings (SSSR count). The highest BCUT2D eigenvalue weighted by Crippen LogP contribution is 2.22. The number of hydrogen-bond donors (Lipinski definition) is 1. The van der Waals surface area contributed by atoms with Crippen LogP contribution in [0.25, 0.3) is 0 Å².